The molecule has 0 saturated carbocycles. The first-order valence-electron chi connectivity index (χ1n) is 11.6. The first kappa shape index (κ1) is 30.5. The van der Waals surface area contributed by atoms with Crippen LogP contribution in [0.2, 0.25) is 0 Å². The number of fused-ring (bicyclic) bond motifs is 1. The monoisotopic (exact) mass is 586 g/mol. The fraction of sp³-hybridized carbons (Fsp3) is 0.458. The number of anilines is 2. The van der Waals surface area contributed by atoms with E-state index >= 15 is 0 Å². The van der Waals surface area contributed by atoms with Crippen molar-refractivity contribution < 1.29 is 53.8 Å². The smallest absolute Gasteiger partial charge is 0.420 e. The summed E-state index contributed by atoms with van der Waals surface area (Å²) >= 11 is 0. The minimum absolute atomic E-state index is 0.102. The molecule has 3 rings (SSSR count). The summed E-state index contributed by atoms with van der Waals surface area (Å²) in [6.07, 6.45) is -11.5. The molecule has 39 heavy (non-hydrogen) atoms. The minimum Gasteiger partial charge on any atom is -0.492 e. The van der Waals surface area contributed by atoms with E-state index in [-0.39, 0.29) is 18.7 Å². The lowest BCUT2D eigenvalue weighted by Crippen LogP contribution is -2.41. The molecule has 2 aromatic rings. The summed E-state index contributed by atoms with van der Waals surface area (Å²) in [6, 6.07) is 4.49. The number of aliphatic carboxylic acids is 1. The van der Waals surface area contributed by atoms with Crippen molar-refractivity contribution in [1.29, 1.82) is 0 Å². The van der Waals surface area contributed by atoms with Crippen molar-refractivity contribution in [1.82, 2.24) is 4.31 Å². The largest absolute Gasteiger partial charge is 0.492 e. The van der Waals surface area contributed by atoms with E-state index < -0.39 is 87.5 Å². The molecule has 0 saturated heterocycles. The first-order valence-corrected chi connectivity index (χ1v) is 13.0. The van der Waals surface area contributed by atoms with E-state index in [1.165, 1.54) is 24.0 Å². The molecule has 0 fully saturated rings. The number of alkyl halides is 6. The van der Waals surface area contributed by atoms with Crippen LogP contribution < -0.4 is 9.64 Å². The molecule has 15 heteroatoms. The molecule has 0 amide bonds. The second kappa shape index (κ2) is 11.2. The van der Waals surface area contributed by atoms with Crippen LogP contribution in [-0.4, -0.2) is 56.2 Å². The number of benzene rings is 2. The van der Waals surface area contributed by atoms with E-state index in [9.17, 15) is 43.9 Å². The predicted octanol–water partition coefficient (Wildman–Crippen LogP) is 5.82. The lowest BCUT2D eigenvalue weighted by molar-refractivity contribution is -0.142. The van der Waals surface area contributed by atoms with Gasteiger partial charge in [-0.25, -0.2) is 12.8 Å². The maximum Gasteiger partial charge on any atom is 0.420 e. The van der Waals surface area contributed by atoms with Crippen molar-refractivity contribution in [3.05, 3.63) is 47.8 Å². The molecule has 0 spiro atoms. The van der Waals surface area contributed by atoms with E-state index in [1.807, 2.05) is 0 Å². The van der Waals surface area contributed by atoms with Crippen LogP contribution in [-0.2, 0) is 21.0 Å². The van der Waals surface area contributed by atoms with Gasteiger partial charge in [-0.3, -0.25) is 4.79 Å². The van der Waals surface area contributed by atoms with E-state index in [2.05, 4.69) is 0 Å². The predicted molar refractivity (Wildman–Crippen MR) is 126 cm³/mol. The van der Waals surface area contributed by atoms with E-state index in [4.69, 9.17) is 9.84 Å². The number of ether oxygens (including phenoxy) is 1. The lowest BCUT2D eigenvalue weighted by atomic mass is 10.1. The fourth-order valence-electron chi connectivity index (χ4n) is 4.05. The SMILES string of the molecule is C[C@@H](COc1cc2c(cc1C(F)(F)F)N(c1ccc(F)cc1)C[C@@H](CCCC(F)(F)F)N(C)S2(=O)=O)C(=O)O. The van der Waals surface area contributed by atoms with Gasteiger partial charge < -0.3 is 14.7 Å². The van der Waals surface area contributed by atoms with Crippen LogP contribution in [0.4, 0.5) is 42.1 Å². The zero-order valence-corrected chi connectivity index (χ0v) is 21.5. The molecular weight excluding hydrogens is 561 g/mol. The van der Waals surface area contributed by atoms with Crippen molar-refractivity contribution in [3.8, 4) is 5.75 Å². The Morgan fingerprint density at radius 3 is 2.28 bits per heavy atom. The number of hydrogen-bond acceptors (Lipinski definition) is 5. The zero-order chi connectivity index (χ0) is 29.3. The van der Waals surface area contributed by atoms with Gasteiger partial charge in [0.2, 0.25) is 10.0 Å². The lowest BCUT2D eigenvalue weighted by Gasteiger charge is -2.30. The quantitative estimate of drug-likeness (QED) is 0.393. The fourth-order valence-corrected chi connectivity index (χ4v) is 5.61. The van der Waals surface area contributed by atoms with Gasteiger partial charge in [0.05, 0.1) is 17.2 Å². The molecule has 0 aliphatic carbocycles. The number of sulfonamides is 1. The molecule has 0 bridgehead atoms. The Hall–Kier alpha value is -3.07. The third-order valence-electron chi connectivity index (χ3n) is 6.27. The van der Waals surface area contributed by atoms with Gasteiger partial charge in [-0.15, -0.1) is 0 Å². The number of carbonyl (C=O) groups is 1. The van der Waals surface area contributed by atoms with E-state index in [0.29, 0.717) is 12.1 Å². The molecule has 2 atom stereocenters. The molecule has 1 aliphatic heterocycles. The molecular formula is C24H25F7N2O5S. The van der Waals surface area contributed by atoms with Crippen molar-refractivity contribution in [2.24, 2.45) is 5.92 Å². The van der Waals surface area contributed by atoms with Crippen LogP contribution in [0.25, 0.3) is 0 Å². The van der Waals surface area contributed by atoms with Gasteiger partial charge in [-0.2, -0.15) is 30.6 Å². The summed E-state index contributed by atoms with van der Waals surface area (Å²) in [5.74, 6) is -4.18. The Bertz CT molecular complexity index is 1300. The highest BCUT2D eigenvalue weighted by molar-refractivity contribution is 7.89. The molecule has 2 aromatic carbocycles. The normalized spacial score (nSPS) is 18.8. The number of nitrogens with zero attached hydrogens (tertiary/aromatic N) is 2. The number of rotatable bonds is 8. The second-order valence-corrected chi connectivity index (χ2v) is 11.1. The third-order valence-corrected chi connectivity index (χ3v) is 8.21. The Labute approximate surface area is 219 Å². The van der Waals surface area contributed by atoms with Gasteiger partial charge in [-0.05, 0) is 50.1 Å². The summed E-state index contributed by atoms with van der Waals surface area (Å²) in [4.78, 5) is 11.7. The standard InChI is InChI=1S/C24H25F7N2O5S/c1-14(22(34)35)13-38-20-11-21-19(10-18(20)24(29,30)31)33(16-7-5-15(25)6-8-16)12-17(32(2)39(21,36)37)4-3-9-23(26,27)28/h5-8,10-11,14,17H,3-4,9,12-13H2,1-2H3,(H,34,35)/t14-,17+/m0/s1. The topological polar surface area (TPSA) is 87.2 Å². The maximum absolute atomic E-state index is 14.1. The van der Waals surface area contributed by atoms with Crippen LogP contribution in [0.1, 0.15) is 31.7 Å². The van der Waals surface area contributed by atoms with Crippen molar-refractivity contribution in [2.75, 3.05) is 25.1 Å². The number of carboxylic acids is 1. The molecule has 7 nitrogen and oxygen atoms in total. The Balaban J connectivity index is 2.20. The number of halogens is 7. The third kappa shape index (κ3) is 7.12. The summed E-state index contributed by atoms with van der Waals surface area (Å²) in [6.45, 7) is 0.153. The Morgan fingerprint density at radius 1 is 1.13 bits per heavy atom. The zero-order valence-electron chi connectivity index (χ0n) is 20.7. The minimum atomic E-state index is -5.06. The van der Waals surface area contributed by atoms with Gasteiger partial charge in [0.25, 0.3) is 0 Å². The van der Waals surface area contributed by atoms with Crippen molar-refractivity contribution in [2.45, 2.75) is 49.5 Å². The summed E-state index contributed by atoms with van der Waals surface area (Å²) < 4.78 is 127. The molecule has 1 N–H and O–H groups in total. The van der Waals surface area contributed by atoms with Crippen molar-refractivity contribution >= 4 is 27.4 Å². The van der Waals surface area contributed by atoms with Gasteiger partial charge in [0.15, 0.2) is 0 Å². The van der Waals surface area contributed by atoms with Gasteiger partial charge in [0, 0.05) is 37.8 Å². The number of likely N-dealkylation sites (N-methyl/N-ethyl adjacent to an activating group) is 1. The molecule has 1 aliphatic rings. The molecule has 0 radical (unpaired) electrons. The van der Waals surface area contributed by atoms with Crippen LogP contribution in [0, 0.1) is 11.7 Å². The van der Waals surface area contributed by atoms with Gasteiger partial charge >= 0.3 is 18.3 Å². The first-order chi connectivity index (χ1) is 17.9. The summed E-state index contributed by atoms with van der Waals surface area (Å²) in [5.41, 5.74) is -1.73. The van der Waals surface area contributed by atoms with Gasteiger partial charge in [0.1, 0.15) is 23.1 Å². The van der Waals surface area contributed by atoms with Crippen LogP contribution in [0.5, 0.6) is 5.75 Å². The molecule has 1 heterocycles. The van der Waals surface area contributed by atoms with Gasteiger partial charge in [-0.1, -0.05) is 0 Å². The van der Waals surface area contributed by atoms with Crippen molar-refractivity contribution in [3.63, 3.8) is 0 Å². The number of carboxylic acid groups (broad SMARTS) is 1. The molecule has 0 aromatic heterocycles. The average Bonchev–Trinajstić information content (AvgIpc) is 2.90. The van der Waals surface area contributed by atoms with E-state index in [1.54, 1.807) is 0 Å². The molecule has 0 unspecified atom stereocenters. The Kier molecular flexibility index (Phi) is 8.75. The van der Waals surface area contributed by atoms with Crippen LogP contribution in [0.3, 0.4) is 0 Å². The average molecular weight is 587 g/mol. The summed E-state index contributed by atoms with van der Waals surface area (Å²) in [7, 11) is -3.48. The highest BCUT2D eigenvalue weighted by Gasteiger charge is 2.42. The summed E-state index contributed by atoms with van der Waals surface area (Å²) in [5, 5.41) is 9.06. The van der Waals surface area contributed by atoms with E-state index in [0.717, 1.165) is 23.5 Å². The molecule has 216 valence electrons. The second-order valence-electron chi connectivity index (χ2n) is 9.13. The number of hydrogen-bond donors (Lipinski definition) is 1. The van der Waals surface area contributed by atoms with Crippen LogP contribution in [0.15, 0.2) is 41.3 Å². The van der Waals surface area contributed by atoms with Crippen LogP contribution >= 0.6 is 0 Å². The maximum atomic E-state index is 14.1. The highest BCUT2D eigenvalue weighted by Crippen LogP contribution is 2.46. The highest BCUT2D eigenvalue weighted by atomic mass is 32.2. The Morgan fingerprint density at radius 2 is 1.74 bits per heavy atom.